The van der Waals surface area contributed by atoms with Crippen LogP contribution in [0.15, 0.2) is 42.5 Å². The van der Waals surface area contributed by atoms with Gasteiger partial charge in [0.15, 0.2) is 5.78 Å². The first-order chi connectivity index (χ1) is 6.86. The molecule has 0 bridgehead atoms. The first-order valence-electron chi connectivity index (χ1n) is 4.64. The number of benzene rings is 1. The number of nitrogens with one attached hydrogen (secondary N) is 1. The summed E-state index contributed by atoms with van der Waals surface area (Å²) in [6, 6.07) is 7.86. The molecule has 3 rings (SSSR count). The maximum atomic E-state index is 11.6. The molecule has 0 spiro atoms. The van der Waals surface area contributed by atoms with Gasteiger partial charge in [-0.2, -0.15) is 0 Å². The molecule has 0 saturated carbocycles. The molecular weight excluding hydrogens is 174 g/mol. The quantitative estimate of drug-likeness (QED) is 0.666. The van der Waals surface area contributed by atoms with Crippen molar-refractivity contribution in [1.82, 2.24) is 0 Å². The predicted octanol–water partition coefficient (Wildman–Crippen LogP) is 2.00. The number of carbonyl (C=O) groups is 1. The molecule has 1 aromatic carbocycles. The van der Waals surface area contributed by atoms with Crippen LogP contribution in [0.5, 0.6) is 0 Å². The minimum absolute atomic E-state index is 0.138. The summed E-state index contributed by atoms with van der Waals surface area (Å²) < 4.78 is 0. The number of anilines is 1. The summed E-state index contributed by atoms with van der Waals surface area (Å²) in [6.07, 6.45) is 5.44. The Morgan fingerprint density at radius 2 is 2.07 bits per heavy atom. The molecule has 2 nitrogen and oxygen atoms in total. The van der Waals surface area contributed by atoms with Crippen LogP contribution in [0.25, 0.3) is 5.57 Å². The predicted molar refractivity (Wildman–Crippen MR) is 56.0 cm³/mol. The van der Waals surface area contributed by atoms with Gasteiger partial charge in [0.25, 0.3) is 0 Å². The third-order valence-electron chi connectivity index (χ3n) is 2.67. The van der Waals surface area contributed by atoms with Crippen LogP contribution in [-0.2, 0) is 4.79 Å². The minimum Gasteiger partial charge on any atom is -0.371 e. The van der Waals surface area contributed by atoms with Gasteiger partial charge in [-0.3, -0.25) is 4.79 Å². The highest BCUT2D eigenvalue weighted by molar-refractivity contribution is 6.12. The summed E-state index contributed by atoms with van der Waals surface area (Å²) in [5, 5.41) is 3.22. The van der Waals surface area contributed by atoms with Crippen LogP contribution in [0.4, 0.5) is 5.69 Å². The lowest BCUT2D eigenvalue weighted by atomic mass is 9.96. The van der Waals surface area contributed by atoms with Crippen LogP contribution >= 0.6 is 0 Å². The lowest BCUT2D eigenvalue weighted by Crippen LogP contribution is -2.25. The van der Waals surface area contributed by atoms with E-state index >= 15 is 0 Å². The number of hydrogen-bond donors (Lipinski definition) is 1. The zero-order chi connectivity index (χ0) is 9.54. The highest BCUT2D eigenvalue weighted by Crippen LogP contribution is 2.36. The van der Waals surface area contributed by atoms with Gasteiger partial charge in [-0.25, -0.2) is 0 Å². The second kappa shape index (κ2) is 2.58. The molecule has 1 unspecified atom stereocenters. The summed E-state index contributed by atoms with van der Waals surface area (Å²) in [7, 11) is 0. The van der Waals surface area contributed by atoms with E-state index in [1.807, 2.05) is 36.4 Å². The number of fused-ring (bicyclic) bond motifs is 3. The number of rotatable bonds is 0. The average molecular weight is 183 g/mol. The van der Waals surface area contributed by atoms with E-state index in [-0.39, 0.29) is 11.8 Å². The van der Waals surface area contributed by atoms with Gasteiger partial charge < -0.3 is 5.32 Å². The van der Waals surface area contributed by atoms with Crippen molar-refractivity contribution < 1.29 is 4.79 Å². The van der Waals surface area contributed by atoms with Gasteiger partial charge in [0.05, 0.1) is 0 Å². The van der Waals surface area contributed by atoms with Crippen LogP contribution in [0, 0.1) is 0 Å². The summed E-state index contributed by atoms with van der Waals surface area (Å²) in [5.74, 6) is 0.138. The lowest BCUT2D eigenvalue weighted by molar-refractivity contribution is -0.114. The number of hydrogen-bond acceptors (Lipinski definition) is 2. The molecule has 68 valence electrons. The smallest absolute Gasteiger partial charge is 0.182 e. The number of ketones is 1. The molecule has 0 saturated heterocycles. The lowest BCUT2D eigenvalue weighted by Gasteiger charge is -2.11. The zero-order valence-electron chi connectivity index (χ0n) is 7.53. The highest BCUT2D eigenvalue weighted by atomic mass is 16.1. The molecule has 0 radical (unpaired) electrons. The second-order valence-electron chi connectivity index (χ2n) is 3.51. The maximum Gasteiger partial charge on any atom is 0.182 e. The summed E-state index contributed by atoms with van der Waals surface area (Å²) in [6.45, 7) is 0. The molecule has 1 atom stereocenters. The fourth-order valence-corrected chi connectivity index (χ4v) is 2.00. The minimum atomic E-state index is -0.155. The number of allylic oxidation sites excluding steroid dienone is 2. The molecule has 2 heteroatoms. The third-order valence-corrected chi connectivity index (χ3v) is 2.67. The van der Waals surface area contributed by atoms with E-state index in [1.54, 1.807) is 6.08 Å². The van der Waals surface area contributed by atoms with Gasteiger partial charge in [0.2, 0.25) is 0 Å². The SMILES string of the molecule is O=C1C=CC=C2c3ccccc3NC12. The normalized spacial score (nSPS) is 22.4. The monoisotopic (exact) mass is 183 g/mol. The molecule has 2 aliphatic rings. The topological polar surface area (TPSA) is 29.1 Å². The van der Waals surface area contributed by atoms with Gasteiger partial charge in [0, 0.05) is 11.3 Å². The van der Waals surface area contributed by atoms with Crippen molar-refractivity contribution in [2.24, 2.45) is 0 Å². The molecule has 1 heterocycles. The summed E-state index contributed by atoms with van der Waals surface area (Å²) >= 11 is 0. The molecule has 14 heavy (non-hydrogen) atoms. The van der Waals surface area contributed by atoms with Gasteiger partial charge >= 0.3 is 0 Å². The standard InChI is InChI=1S/C12H9NO/c14-11-7-3-5-9-8-4-1-2-6-10(8)13-12(9)11/h1-7,12-13H. The highest BCUT2D eigenvalue weighted by Gasteiger charge is 2.30. The van der Waals surface area contributed by atoms with E-state index in [1.165, 1.54) is 0 Å². The summed E-state index contributed by atoms with van der Waals surface area (Å²) in [4.78, 5) is 11.6. The van der Waals surface area contributed by atoms with Crippen molar-refractivity contribution >= 4 is 17.0 Å². The molecule has 1 aromatic rings. The Morgan fingerprint density at radius 1 is 1.21 bits per heavy atom. The molecule has 1 aliphatic heterocycles. The fraction of sp³-hybridized carbons (Fsp3) is 0.0833. The van der Waals surface area contributed by atoms with E-state index in [2.05, 4.69) is 5.32 Å². The molecule has 1 aliphatic carbocycles. The Kier molecular flexibility index (Phi) is 1.39. The molecular formula is C12H9NO. The van der Waals surface area contributed by atoms with Crippen molar-refractivity contribution in [1.29, 1.82) is 0 Å². The Balaban J connectivity index is 2.19. The van der Waals surface area contributed by atoms with Gasteiger partial charge in [-0.15, -0.1) is 0 Å². The maximum absolute atomic E-state index is 11.6. The third kappa shape index (κ3) is 0.880. The van der Waals surface area contributed by atoms with E-state index in [0.717, 1.165) is 16.8 Å². The van der Waals surface area contributed by atoms with Crippen molar-refractivity contribution in [2.75, 3.05) is 5.32 Å². The Morgan fingerprint density at radius 3 is 3.00 bits per heavy atom. The first-order valence-corrected chi connectivity index (χ1v) is 4.64. The Hall–Kier alpha value is -1.83. The van der Waals surface area contributed by atoms with Crippen LogP contribution < -0.4 is 5.32 Å². The van der Waals surface area contributed by atoms with Crippen LogP contribution in [-0.4, -0.2) is 11.8 Å². The van der Waals surface area contributed by atoms with E-state index in [9.17, 15) is 4.79 Å². The fourth-order valence-electron chi connectivity index (χ4n) is 2.00. The van der Waals surface area contributed by atoms with Crippen molar-refractivity contribution in [3.8, 4) is 0 Å². The summed E-state index contributed by atoms with van der Waals surface area (Å²) in [5.41, 5.74) is 3.30. The van der Waals surface area contributed by atoms with Crippen molar-refractivity contribution in [2.45, 2.75) is 6.04 Å². The van der Waals surface area contributed by atoms with Crippen LogP contribution in [0.3, 0.4) is 0 Å². The Labute approximate surface area is 81.9 Å². The molecule has 1 N–H and O–H groups in total. The van der Waals surface area contributed by atoms with Gasteiger partial charge in [-0.05, 0) is 17.7 Å². The molecule has 0 amide bonds. The van der Waals surface area contributed by atoms with Crippen LogP contribution in [0.1, 0.15) is 5.56 Å². The average Bonchev–Trinajstić information content (AvgIpc) is 2.59. The van der Waals surface area contributed by atoms with E-state index < -0.39 is 0 Å². The van der Waals surface area contributed by atoms with Gasteiger partial charge in [0.1, 0.15) is 6.04 Å². The molecule has 0 fully saturated rings. The second-order valence-corrected chi connectivity index (χ2v) is 3.51. The largest absolute Gasteiger partial charge is 0.371 e. The van der Waals surface area contributed by atoms with Gasteiger partial charge in [-0.1, -0.05) is 30.4 Å². The zero-order valence-corrected chi connectivity index (χ0v) is 7.53. The first kappa shape index (κ1) is 7.56. The van der Waals surface area contributed by atoms with Crippen LogP contribution in [0.2, 0.25) is 0 Å². The Bertz CT molecular complexity index is 471. The van der Waals surface area contributed by atoms with Crippen molar-refractivity contribution in [3.63, 3.8) is 0 Å². The molecule has 0 aromatic heterocycles. The van der Waals surface area contributed by atoms with E-state index in [4.69, 9.17) is 0 Å². The van der Waals surface area contributed by atoms with E-state index in [0.29, 0.717) is 0 Å². The number of carbonyl (C=O) groups excluding carboxylic acids is 1. The number of para-hydroxylation sites is 1. The van der Waals surface area contributed by atoms with Crippen molar-refractivity contribution in [3.05, 3.63) is 48.1 Å².